The minimum absolute atomic E-state index is 0.795. The summed E-state index contributed by atoms with van der Waals surface area (Å²) in [5, 5.41) is 1.69. The van der Waals surface area contributed by atoms with Gasteiger partial charge in [0, 0.05) is 16.3 Å². The SMILES string of the molecule is C1CCC(C2COCCS2)SC1. The van der Waals surface area contributed by atoms with Gasteiger partial charge < -0.3 is 4.74 Å². The lowest BCUT2D eigenvalue weighted by Gasteiger charge is -2.31. The first-order valence-electron chi connectivity index (χ1n) is 4.78. The third-order valence-corrected chi connectivity index (χ3v) is 5.46. The standard InChI is InChI=1S/C9H16OS2/c1-2-5-11-8(3-1)9-7-10-4-6-12-9/h8-9H,1-7H2. The lowest BCUT2D eigenvalue weighted by atomic mass is 10.1. The second-order valence-electron chi connectivity index (χ2n) is 3.39. The van der Waals surface area contributed by atoms with Crippen LogP contribution in [0.2, 0.25) is 0 Å². The van der Waals surface area contributed by atoms with Crippen molar-refractivity contribution in [2.75, 3.05) is 24.7 Å². The van der Waals surface area contributed by atoms with Crippen LogP contribution < -0.4 is 0 Å². The van der Waals surface area contributed by atoms with E-state index in [1.165, 1.54) is 30.8 Å². The molecule has 2 fully saturated rings. The van der Waals surface area contributed by atoms with Gasteiger partial charge in [-0.05, 0) is 18.6 Å². The molecule has 0 aromatic rings. The van der Waals surface area contributed by atoms with Crippen molar-refractivity contribution in [3.05, 3.63) is 0 Å². The molecule has 0 aromatic heterocycles. The molecule has 0 amide bonds. The maximum atomic E-state index is 5.50. The lowest BCUT2D eigenvalue weighted by molar-refractivity contribution is 0.142. The van der Waals surface area contributed by atoms with E-state index in [4.69, 9.17) is 4.74 Å². The first-order chi connectivity index (χ1) is 5.97. The van der Waals surface area contributed by atoms with Crippen LogP contribution >= 0.6 is 23.5 Å². The van der Waals surface area contributed by atoms with E-state index in [0.29, 0.717) is 0 Å². The Morgan fingerprint density at radius 2 is 1.92 bits per heavy atom. The smallest absolute Gasteiger partial charge is 0.0596 e. The van der Waals surface area contributed by atoms with Crippen molar-refractivity contribution in [3.63, 3.8) is 0 Å². The normalized spacial score (nSPS) is 38.0. The molecule has 2 aliphatic rings. The average Bonchev–Trinajstić information content (AvgIpc) is 2.21. The Kier molecular flexibility index (Phi) is 3.67. The van der Waals surface area contributed by atoms with Crippen molar-refractivity contribution < 1.29 is 4.74 Å². The third kappa shape index (κ3) is 2.33. The summed E-state index contributed by atoms with van der Waals surface area (Å²) in [5.74, 6) is 2.59. The molecule has 0 bridgehead atoms. The Labute approximate surface area is 83.0 Å². The molecule has 0 saturated carbocycles. The van der Waals surface area contributed by atoms with Crippen LogP contribution in [-0.2, 0) is 4.74 Å². The highest BCUT2D eigenvalue weighted by Gasteiger charge is 2.26. The molecule has 12 heavy (non-hydrogen) atoms. The summed E-state index contributed by atoms with van der Waals surface area (Å²) in [6.45, 7) is 1.97. The van der Waals surface area contributed by atoms with Gasteiger partial charge in [-0.1, -0.05) is 6.42 Å². The summed E-state index contributed by atoms with van der Waals surface area (Å²) >= 11 is 4.29. The Balaban J connectivity index is 1.80. The van der Waals surface area contributed by atoms with Crippen LogP contribution in [0.25, 0.3) is 0 Å². The monoisotopic (exact) mass is 204 g/mol. The van der Waals surface area contributed by atoms with E-state index in [2.05, 4.69) is 23.5 Å². The average molecular weight is 204 g/mol. The zero-order valence-corrected chi connectivity index (χ0v) is 8.96. The summed E-state index contributed by atoms with van der Waals surface area (Å²) < 4.78 is 5.50. The van der Waals surface area contributed by atoms with E-state index < -0.39 is 0 Å². The number of ether oxygens (including phenoxy) is 1. The van der Waals surface area contributed by atoms with Gasteiger partial charge in [-0.2, -0.15) is 23.5 Å². The molecule has 0 aliphatic carbocycles. The van der Waals surface area contributed by atoms with E-state index >= 15 is 0 Å². The highest BCUT2D eigenvalue weighted by molar-refractivity contribution is 8.03. The van der Waals surface area contributed by atoms with Crippen molar-refractivity contribution in [1.29, 1.82) is 0 Å². The van der Waals surface area contributed by atoms with Crippen LogP contribution in [0.1, 0.15) is 19.3 Å². The predicted octanol–water partition coefficient (Wildman–Crippen LogP) is 2.40. The van der Waals surface area contributed by atoms with Crippen LogP contribution in [0, 0.1) is 0 Å². The van der Waals surface area contributed by atoms with Crippen LogP contribution in [-0.4, -0.2) is 35.2 Å². The fraction of sp³-hybridized carbons (Fsp3) is 1.00. The van der Waals surface area contributed by atoms with Gasteiger partial charge in [0.25, 0.3) is 0 Å². The highest BCUT2D eigenvalue weighted by atomic mass is 32.2. The topological polar surface area (TPSA) is 9.23 Å². The van der Waals surface area contributed by atoms with Crippen molar-refractivity contribution in [3.8, 4) is 0 Å². The van der Waals surface area contributed by atoms with E-state index in [-0.39, 0.29) is 0 Å². The first kappa shape index (κ1) is 9.22. The molecule has 70 valence electrons. The molecule has 2 heterocycles. The molecule has 2 unspecified atom stereocenters. The second kappa shape index (κ2) is 4.77. The van der Waals surface area contributed by atoms with Crippen LogP contribution in [0.5, 0.6) is 0 Å². The van der Waals surface area contributed by atoms with Gasteiger partial charge in [0.2, 0.25) is 0 Å². The predicted molar refractivity (Wildman–Crippen MR) is 57.2 cm³/mol. The Morgan fingerprint density at radius 3 is 2.58 bits per heavy atom. The van der Waals surface area contributed by atoms with Crippen LogP contribution in [0.15, 0.2) is 0 Å². The highest BCUT2D eigenvalue weighted by Crippen LogP contribution is 2.34. The van der Waals surface area contributed by atoms with E-state index in [9.17, 15) is 0 Å². The zero-order chi connectivity index (χ0) is 8.23. The van der Waals surface area contributed by atoms with Gasteiger partial charge in [-0.15, -0.1) is 0 Å². The minimum atomic E-state index is 0.795. The molecule has 1 nitrogen and oxygen atoms in total. The fourth-order valence-electron chi connectivity index (χ4n) is 1.78. The van der Waals surface area contributed by atoms with Gasteiger partial charge in [-0.25, -0.2) is 0 Å². The number of rotatable bonds is 1. The maximum absolute atomic E-state index is 5.50. The second-order valence-corrected chi connectivity index (χ2v) is 6.08. The van der Waals surface area contributed by atoms with E-state index in [1.54, 1.807) is 0 Å². The number of hydrogen-bond acceptors (Lipinski definition) is 3. The number of thioether (sulfide) groups is 2. The summed E-state index contributed by atoms with van der Waals surface area (Å²) in [4.78, 5) is 0. The maximum Gasteiger partial charge on any atom is 0.0596 e. The molecule has 2 saturated heterocycles. The third-order valence-electron chi connectivity index (χ3n) is 2.47. The summed E-state index contributed by atoms with van der Waals surface area (Å²) in [6, 6.07) is 0. The van der Waals surface area contributed by atoms with Crippen molar-refractivity contribution in [2.45, 2.75) is 29.8 Å². The molecule has 0 N–H and O–H groups in total. The summed E-state index contributed by atoms with van der Waals surface area (Å²) in [6.07, 6.45) is 4.29. The molecule has 2 rings (SSSR count). The molecular formula is C9H16OS2. The van der Waals surface area contributed by atoms with Crippen molar-refractivity contribution >= 4 is 23.5 Å². The zero-order valence-electron chi connectivity index (χ0n) is 7.33. The first-order valence-corrected chi connectivity index (χ1v) is 6.87. The fourth-order valence-corrected chi connectivity index (χ4v) is 4.61. The number of hydrogen-bond donors (Lipinski definition) is 0. The quantitative estimate of drug-likeness (QED) is 0.649. The molecule has 0 aromatic carbocycles. The van der Waals surface area contributed by atoms with Gasteiger partial charge >= 0.3 is 0 Å². The van der Waals surface area contributed by atoms with Gasteiger partial charge in [-0.3, -0.25) is 0 Å². The Hall–Kier alpha value is 0.660. The lowest BCUT2D eigenvalue weighted by Crippen LogP contribution is -2.31. The molecule has 3 heteroatoms. The van der Waals surface area contributed by atoms with E-state index in [1.807, 2.05) is 0 Å². The molecule has 0 radical (unpaired) electrons. The molecule has 0 spiro atoms. The molecule has 2 aliphatic heterocycles. The molecular weight excluding hydrogens is 188 g/mol. The Bertz CT molecular complexity index is 112. The van der Waals surface area contributed by atoms with Crippen LogP contribution in [0.3, 0.4) is 0 Å². The van der Waals surface area contributed by atoms with Crippen molar-refractivity contribution in [1.82, 2.24) is 0 Å². The van der Waals surface area contributed by atoms with Crippen LogP contribution in [0.4, 0.5) is 0 Å². The summed E-state index contributed by atoms with van der Waals surface area (Å²) in [5.41, 5.74) is 0. The van der Waals surface area contributed by atoms with Crippen molar-refractivity contribution in [2.24, 2.45) is 0 Å². The van der Waals surface area contributed by atoms with Gasteiger partial charge in [0.05, 0.1) is 13.2 Å². The van der Waals surface area contributed by atoms with Gasteiger partial charge in [0.1, 0.15) is 0 Å². The summed E-state index contributed by atoms with van der Waals surface area (Å²) in [7, 11) is 0. The van der Waals surface area contributed by atoms with Gasteiger partial charge in [0.15, 0.2) is 0 Å². The minimum Gasteiger partial charge on any atom is -0.379 e. The van der Waals surface area contributed by atoms with E-state index in [0.717, 1.165) is 23.7 Å². The molecule has 2 atom stereocenters. The Morgan fingerprint density at radius 1 is 1.00 bits per heavy atom. The largest absolute Gasteiger partial charge is 0.379 e.